The van der Waals surface area contributed by atoms with Crippen LogP contribution in [0.1, 0.15) is 33.1 Å². The summed E-state index contributed by atoms with van der Waals surface area (Å²) in [6, 6.07) is 0. The van der Waals surface area contributed by atoms with E-state index in [1.807, 2.05) is 0 Å². The lowest BCUT2D eigenvalue weighted by molar-refractivity contribution is -0.144. The van der Waals surface area contributed by atoms with E-state index in [0.29, 0.717) is 24.9 Å². The monoisotopic (exact) mass is 182 g/mol. The molecule has 1 heterocycles. The Kier molecular flexibility index (Phi) is 2.31. The summed E-state index contributed by atoms with van der Waals surface area (Å²) in [6.45, 7) is 5.14. The molecule has 0 aromatic heterocycles. The Balaban J connectivity index is 2.15. The molecule has 2 rings (SSSR count). The zero-order chi connectivity index (χ0) is 9.42. The van der Waals surface area contributed by atoms with Crippen molar-refractivity contribution >= 4 is 5.97 Å². The molecule has 2 heteroatoms. The van der Waals surface area contributed by atoms with Gasteiger partial charge in [0.15, 0.2) is 0 Å². The minimum absolute atomic E-state index is 0.0214. The van der Waals surface area contributed by atoms with Crippen molar-refractivity contribution in [2.24, 2.45) is 23.7 Å². The lowest BCUT2D eigenvalue weighted by atomic mass is 9.81. The molecule has 74 valence electrons. The van der Waals surface area contributed by atoms with Crippen LogP contribution in [0.25, 0.3) is 0 Å². The van der Waals surface area contributed by atoms with Crippen molar-refractivity contribution in [3.8, 4) is 0 Å². The standard InChI is InChI=1S/C11H18O2/c1-7-3-4-9-8(2)6-13-11(12)5-10(7)9/h7-10H,3-6H2,1-2H3/t7-,8+,9-,10-/m0/s1. The maximum absolute atomic E-state index is 11.3. The highest BCUT2D eigenvalue weighted by Gasteiger charge is 2.40. The van der Waals surface area contributed by atoms with E-state index < -0.39 is 0 Å². The molecule has 1 saturated carbocycles. The smallest absolute Gasteiger partial charge is 0.306 e. The summed E-state index contributed by atoms with van der Waals surface area (Å²) in [6.07, 6.45) is 3.26. The van der Waals surface area contributed by atoms with Gasteiger partial charge < -0.3 is 4.74 Å². The fraction of sp³-hybridized carbons (Fsp3) is 0.909. The van der Waals surface area contributed by atoms with Crippen LogP contribution in [0.3, 0.4) is 0 Å². The number of hydrogen-bond donors (Lipinski definition) is 0. The van der Waals surface area contributed by atoms with E-state index in [9.17, 15) is 4.79 Å². The number of cyclic esters (lactones) is 1. The molecule has 2 nitrogen and oxygen atoms in total. The first-order chi connectivity index (χ1) is 6.18. The van der Waals surface area contributed by atoms with Crippen LogP contribution in [0, 0.1) is 23.7 Å². The minimum Gasteiger partial charge on any atom is -0.465 e. The number of carbonyl (C=O) groups excluding carboxylic acids is 1. The summed E-state index contributed by atoms with van der Waals surface area (Å²) in [4.78, 5) is 11.3. The van der Waals surface area contributed by atoms with Crippen LogP contribution in [-0.4, -0.2) is 12.6 Å². The molecule has 2 fully saturated rings. The Morgan fingerprint density at radius 1 is 1.15 bits per heavy atom. The average molecular weight is 182 g/mol. The summed E-state index contributed by atoms with van der Waals surface area (Å²) < 4.78 is 5.16. The second-order valence-corrected chi connectivity index (χ2v) is 4.75. The fourth-order valence-corrected chi connectivity index (χ4v) is 2.96. The van der Waals surface area contributed by atoms with Gasteiger partial charge in [0.1, 0.15) is 0 Å². The van der Waals surface area contributed by atoms with Crippen LogP contribution >= 0.6 is 0 Å². The summed E-state index contributed by atoms with van der Waals surface area (Å²) >= 11 is 0. The molecule has 0 N–H and O–H groups in total. The van der Waals surface area contributed by atoms with Gasteiger partial charge in [-0.3, -0.25) is 4.79 Å². The van der Waals surface area contributed by atoms with E-state index in [2.05, 4.69) is 13.8 Å². The molecule has 1 aliphatic carbocycles. The normalized spacial score (nSPS) is 45.2. The molecule has 0 aromatic carbocycles. The van der Waals surface area contributed by atoms with Crippen molar-refractivity contribution in [3.05, 3.63) is 0 Å². The first-order valence-corrected chi connectivity index (χ1v) is 5.34. The Bertz CT molecular complexity index is 212. The van der Waals surface area contributed by atoms with Crippen LogP contribution in [0.15, 0.2) is 0 Å². The Morgan fingerprint density at radius 3 is 2.69 bits per heavy atom. The van der Waals surface area contributed by atoms with Crippen molar-refractivity contribution in [1.82, 2.24) is 0 Å². The fourth-order valence-electron chi connectivity index (χ4n) is 2.96. The van der Waals surface area contributed by atoms with Crippen molar-refractivity contribution in [2.75, 3.05) is 6.61 Å². The van der Waals surface area contributed by atoms with Crippen LogP contribution in [0.5, 0.6) is 0 Å². The number of carbonyl (C=O) groups is 1. The topological polar surface area (TPSA) is 26.3 Å². The van der Waals surface area contributed by atoms with Gasteiger partial charge in [-0.05, 0) is 30.1 Å². The van der Waals surface area contributed by atoms with Crippen molar-refractivity contribution in [1.29, 1.82) is 0 Å². The van der Waals surface area contributed by atoms with Crippen molar-refractivity contribution in [3.63, 3.8) is 0 Å². The zero-order valence-electron chi connectivity index (χ0n) is 8.45. The van der Waals surface area contributed by atoms with Gasteiger partial charge >= 0.3 is 5.97 Å². The molecule has 0 unspecified atom stereocenters. The van der Waals surface area contributed by atoms with Crippen LogP contribution < -0.4 is 0 Å². The van der Waals surface area contributed by atoms with Gasteiger partial charge in [0, 0.05) is 6.42 Å². The van der Waals surface area contributed by atoms with Gasteiger partial charge in [0.05, 0.1) is 6.61 Å². The van der Waals surface area contributed by atoms with Gasteiger partial charge in [-0.1, -0.05) is 20.3 Å². The highest BCUT2D eigenvalue weighted by atomic mass is 16.5. The van der Waals surface area contributed by atoms with Crippen LogP contribution in [-0.2, 0) is 9.53 Å². The third-order valence-corrected chi connectivity index (χ3v) is 3.88. The van der Waals surface area contributed by atoms with Crippen molar-refractivity contribution in [2.45, 2.75) is 33.1 Å². The average Bonchev–Trinajstić information content (AvgIpc) is 2.37. The molecule has 0 spiro atoms. The van der Waals surface area contributed by atoms with Crippen LogP contribution in [0.4, 0.5) is 0 Å². The highest BCUT2D eigenvalue weighted by molar-refractivity contribution is 5.70. The van der Waals surface area contributed by atoms with Gasteiger partial charge in [-0.15, -0.1) is 0 Å². The first kappa shape index (κ1) is 9.04. The van der Waals surface area contributed by atoms with E-state index in [-0.39, 0.29) is 5.97 Å². The molecule has 4 atom stereocenters. The molecular formula is C11H18O2. The third-order valence-electron chi connectivity index (χ3n) is 3.88. The van der Waals surface area contributed by atoms with Crippen molar-refractivity contribution < 1.29 is 9.53 Å². The predicted molar refractivity (Wildman–Crippen MR) is 50.1 cm³/mol. The Morgan fingerprint density at radius 2 is 1.92 bits per heavy atom. The van der Waals surface area contributed by atoms with E-state index in [1.165, 1.54) is 12.8 Å². The van der Waals surface area contributed by atoms with Gasteiger partial charge in [0.2, 0.25) is 0 Å². The molecule has 0 amide bonds. The number of fused-ring (bicyclic) bond motifs is 1. The summed E-state index contributed by atoms with van der Waals surface area (Å²) in [5.74, 6) is 2.65. The summed E-state index contributed by atoms with van der Waals surface area (Å²) in [7, 11) is 0. The molecule has 13 heavy (non-hydrogen) atoms. The lowest BCUT2D eigenvalue weighted by Gasteiger charge is -2.22. The molecule has 0 aromatic rings. The van der Waals surface area contributed by atoms with Crippen LogP contribution in [0.2, 0.25) is 0 Å². The second kappa shape index (κ2) is 3.32. The largest absolute Gasteiger partial charge is 0.465 e. The van der Waals surface area contributed by atoms with E-state index in [0.717, 1.165) is 11.8 Å². The Labute approximate surface area is 79.7 Å². The number of esters is 1. The molecule has 0 radical (unpaired) electrons. The zero-order valence-corrected chi connectivity index (χ0v) is 8.45. The number of hydrogen-bond acceptors (Lipinski definition) is 2. The van der Waals surface area contributed by atoms with E-state index in [4.69, 9.17) is 4.74 Å². The SMILES string of the molecule is C[C@@H]1COC(=O)C[C@@H]2[C@H]1CC[C@@H]2C. The number of rotatable bonds is 0. The second-order valence-electron chi connectivity index (χ2n) is 4.75. The van der Waals surface area contributed by atoms with Gasteiger partial charge in [-0.2, -0.15) is 0 Å². The first-order valence-electron chi connectivity index (χ1n) is 5.34. The summed E-state index contributed by atoms with van der Waals surface area (Å²) in [5, 5.41) is 0. The predicted octanol–water partition coefficient (Wildman–Crippen LogP) is 2.23. The molecular weight excluding hydrogens is 164 g/mol. The quantitative estimate of drug-likeness (QED) is 0.537. The van der Waals surface area contributed by atoms with Gasteiger partial charge in [0.25, 0.3) is 0 Å². The number of ether oxygens (including phenoxy) is 1. The minimum atomic E-state index is 0.0214. The summed E-state index contributed by atoms with van der Waals surface area (Å²) in [5.41, 5.74) is 0. The molecule has 1 saturated heterocycles. The Hall–Kier alpha value is -0.530. The maximum atomic E-state index is 11.3. The molecule has 0 bridgehead atoms. The third kappa shape index (κ3) is 1.59. The molecule has 2 aliphatic rings. The van der Waals surface area contributed by atoms with E-state index in [1.54, 1.807) is 0 Å². The van der Waals surface area contributed by atoms with Gasteiger partial charge in [-0.25, -0.2) is 0 Å². The maximum Gasteiger partial charge on any atom is 0.306 e. The molecule has 1 aliphatic heterocycles. The highest BCUT2D eigenvalue weighted by Crippen LogP contribution is 2.44. The van der Waals surface area contributed by atoms with E-state index >= 15 is 0 Å². The lowest BCUT2D eigenvalue weighted by Crippen LogP contribution is -2.19.